The van der Waals surface area contributed by atoms with Crippen molar-refractivity contribution < 1.29 is 9.13 Å². The van der Waals surface area contributed by atoms with Crippen LogP contribution in [0.1, 0.15) is 17.2 Å². The Balaban J connectivity index is 2.25. The fourth-order valence-electron chi connectivity index (χ4n) is 2.07. The fraction of sp³-hybridized carbons (Fsp3) is 0.267. The molecule has 1 aromatic carbocycles. The molecule has 1 atom stereocenters. The third-order valence-corrected chi connectivity index (χ3v) is 4.49. The number of nitrogens with zero attached hydrogens (tertiary/aromatic N) is 1. The highest BCUT2D eigenvalue weighted by atomic mass is 79.9. The summed E-state index contributed by atoms with van der Waals surface area (Å²) in [6, 6.07) is 6.98. The van der Waals surface area contributed by atoms with Crippen molar-refractivity contribution in [2.75, 3.05) is 14.2 Å². The standard InChI is InChI=1S/C15H15BrClFN2O/c1-19-12(7-9-3-6-13(21-2)20-8-9)10-4-5-11(16)14(17)15(10)18/h3-6,8,12,19H,7H2,1-2H3. The lowest BCUT2D eigenvalue weighted by Crippen LogP contribution is -2.20. The molecule has 0 amide bonds. The first-order chi connectivity index (χ1) is 10.1. The van der Waals surface area contributed by atoms with Crippen LogP contribution in [0.5, 0.6) is 5.88 Å². The number of ether oxygens (including phenoxy) is 1. The highest BCUT2D eigenvalue weighted by Crippen LogP contribution is 2.31. The molecule has 1 aromatic heterocycles. The number of benzene rings is 1. The largest absolute Gasteiger partial charge is 0.481 e. The monoisotopic (exact) mass is 372 g/mol. The molecule has 0 radical (unpaired) electrons. The summed E-state index contributed by atoms with van der Waals surface area (Å²) in [6.07, 6.45) is 2.32. The Kier molecular flexibility index (Phi) is 5.56. The van der Waals surface area contributed by atoms with Crippen LogP contribution >= 0.6 is 27.5 Å². The number of aromatic nitrogens is 1. The van der Waals surface area contributed by atoms with E-state index >= 15 is 0 Å². The summed E-state index contributed by atoms with van der Waals surface area (Å²) in [7, 11) is 3.36. The third kappa shape index (κ3) is 3.73. The highest BCUT2D eigenvalue weighted by Gasteiger charge is 2.18. The number of methoxy groups -OCH3 is 1. The molecular formula is C15H15BrClFN2O. The van der Waals surface area contributed by atoms with E-state index in [1.165, 1.54) is 0 Å². The average Bonchev–Trinajstić information content (AvgIpc) is 2.51. The molecule has 0 fully saturated rings. The van der Waals surface area contributed by atoms with Gasteiger partial charge in [0.25, 0.3) is 0 Å². The lowest BCUT2D eigenvalue weighted by atomic mass is 9.99. The van der Waals surface area contributed by atoms with Gasteiger partial charge in [-0.25, -0.2) is 9.37 Å². The van der Waals surface area contributed by atoms with Gasteiger partial charge in [0.05, 0.1) is 12.1 Å². The van der Waals surface area contributed by atoms with E-state index in [0.717, 1.165) is 5.56 Å². The molecule has 2 rings (SSSR count). The van der Waals surface area contributed by atoms with Crippen molar-refractivity contribution in [3.05, 3.63) is 56.9 Å². The molecule has 1 N–H and O–H groups in total. The number of hydrogen-bond donors (Lipinski definition) is 1. The van der Waals surface area contributed by atoms with E-state index in [-0.39, 0.29) is 11.1 Å². The molecule has 0 spiro atoms. The lowest BCUT2D eigenvalue weighted by molar-refractivity contribution is 0.397. The van der Waals surface area contributed by atoms with E-state index in [2.05, 4.69) is 26.2 Å². The molecule has 0 aliphatic heterocycles. The molecule has 0 saturated carbocycles. The quantitative estimate of drug-likeness (QED) is 0.800. The van der Waals surface area contributed by atoms with Crippen LogP contribution in [0.3, 0.4) is 0 Å². The predicted molar refractivity (Wildman–Crippen MR) is 85.4 cm³/mol. The molecule has 2 aromatic rings. The summed E-state index contributed by atoms with van der Waals surface area (Å²) in [5, 5.41) is 3.21. The van der Waals surface area contributed by atoms with Crippen LogP contribution in [0.15, 0.2) is 34.9 Å². The van der Waals surface area contributed by atoms with Crippen LogP contribution in [-0.2, 0) is 6.42 Å². The molecule has 0 aliphatic rings. The summed E-state index contributed by atoms with van der Waals surface area (Å²) >= 11 is 9.17. The first-order valence-corrected chi connectivity index (χ1v) is 7.53. The number of likely N-dealkylation sites (N-methyl/N-ethyl adjacent to an activating group) is 1. The number of pyridine rings is 1. The summed E-state index contributed by atoms with van der Waals surface area (Å²) in [5.74, 6) is 0.143. The van der Waals surface area contributed by atoms with Gasteiger partial charge in [0.15, 0.2) is 0 Å². The van der Waals surface area contributed by atoms with E-state index in [1.54, 1.807) is 38.6 Å². The summed E-state index contributed by atoms with van der Waals surface area (Å²) in [4.78, 5) is 4.15. The Bertz CT molecular complexity index is 622. The first-order valence-electron chi connectivity index (χ1n) is 6.36. The zero-order chi connectivity index (χ0) is 15.4. The molecule has 0 bridgehead atoms. The minimum atomic E-state index is -0.410. The third-order valence-electron chi connectivity index (χ3n) is 3.24. The van der Waals surface area contributed by atoms with Crippen LogP contribution in [0.25, 0.3) is 0 Å². The fourth-order valence-corrected chi connectivity index (χ4v) is 2.54. The van der Waals surface area contributed by atoms with Gasteiger partial charge in [-0.15, -0.1) is 0 Å². The molecule has 0 saturated heterocycles. The summed E-state index contributed by atoms with van der Waals surface area (Å²) in [5.41, 5.74) is 1.51. The van der Waals surface area contributed by atoms with Crippen molar-refractivity contribution in [3.63, 3.8) is 0 Å². The van der Waals surface area contributed by atoms with Gasteiger partial charge in [-0.1, -0.05) is 23.7 Å². The zero-order valence-electron chi connectivity index (χ0n) is 11.7. The second kappa shape index (κ2) is 7.20. The Morgan fingerprint density at radius 3 is 2.71 bits per heavy atom. The molecule has 1 unspecified atom stereocenters. The van der Waals surface area contributed by atoms with Gasteiger partial charge in [-0.05, 0) is 41.0 Å². The minimum Gasteiger partial charge on any atom is -0.481 e. The van der Waals surface area contributed by atoms with Gasteiger partial charge in [-0.2, -0.15) is 0 Å². The first kappa shape index (κ1) is 16.2. The number of rotatable bonds is 5. The van der Waals surface area contributed by atoms with Gasteiger partial charge in [0.2, 0.25) is 5.88 Å². The minimum absolute atomic E-state index is 0.0978. The van der Waals surface area contributed by atoms with Crippen molar-refractivity contribution in [2.45, 2.75) is 12.5 Å². The van der Waals surface area contributed by atoms with Crippen LogP contribution in [0.2, 0.25) is 5.02 Å². The summed E-state index contributed by atoms with van der Waals surface area (Å²) < 4.78 is 19.9. The Labute approximate surface area is 136 Å². The van der Waals surface area contributed by atoms with Crippen molar-refractivity contribution in [1.82, 2.24) is 10.3 Å². The van der Waals surface area contributed by atoms with Gasteiger partial charge >= 0.3 is 0 Å². The summed E-state index contributed by atoms with van der Waals surface area (Å²) in [6.45, 7) is 0. The van der Waals surface area contributed by atoms with Crippen LogP contribution in [0.4, 0.5) is 4.39 Å². The Hall–Kier alpha value is -1.17. The van der Waals surface area contributed by atoms with Crippen molar-refractivity contribution in [3.8, 4) is 5.88 Å². The molecule has 6 heteroatoms. The van der Waals surface area contributed by atoms with E-state index in [9.17, 15) is 4.39 Å². The second-order valence-electron chi connectivity index (χ2n) is 4.52. The van der Waals surface area contributed by atoms with Crippen molar-refractivity contribution in [1.29, 1.82) is 0 Å². The highest BCUT2D eigenvalue weighted by molar-refractivity contribution is 9.10. The maximum Gasteiger partial charge on any atom is 0.212 e. The topological polar surface area (TPSA) is 34.1 Å². The average molecular weight is 374 g/mol. The number of hydrogen-bond acceptors (Lipinski definition) is 3. The smallest absolute Gasteiger partial charge is 0.212 e. The molecule has 1 heterocycles. The predicted octanol–water partition coefficient (Wildman–Crippen LogP) is 4.15. The molecule has 112 valence electrons. The SMILES string of the molecule is CNC(Cc1ccc(OC)nc1)c1ccc(Br)c(Cl)c1F. The van der Waals surface area contributed by atoms with Gasteiger partial charge < -0.3 is 10.1 Å². The van der Waals surface area contributed by atoms with Crippen molar-refractivity contribution >= 4 is 27.5 Å². The van der Waals surface area contributed by atoms with E-state index in [4.69, 9.17) is 16.3 Å². The van der Waals surface area contributed by atoms with Crippen LogP contribution in [0, 0.1) is 5.82 Å². The molecule has 3 nitrogen and oxygen atoms in total. The lowest BCUT2D eigenvalue weighted by Gasteiger charge is -2.18. The van der Waals surface area contributed by atoms with Crippen molar-refractivity contribution in [2.24, 2.45) is 0 Å². The van der Waals surface area contributed by atoms with E-state index < -0.39 is 5.82 Å². The van der Waals surface area contributed by atoms with Gasteiger partial charge in [0.1, 0.15) is 5.82 Å². The molecule has 21 heavy (non-hydrogen) atoms. The Morgan fingerprint density at radius 1 is 1.38 bits per heavy atom. The van der Waals surface area contributed by atoms with Gasteiger partial charge in [0, 0.05) is 28.3 Å². The zero-order valence-corrected chi connectivity index (χ0v) is 14.0. The maximum atomic E-state index is 14.3. The number of nitrogens with one attached hydrogen (secondary N) is 1. The van der Waals surface area contributed by atoms with Crippen LogP contribution in [-0.4, -0.2) is 19.1 Å². The maximum absolute atomic E-state index is 14.3. The number of halogens is 3. The van der Waals surface area contributed by atoms with E-state index in [1.807, 2.05) is 6.07 Å². The second-order valence-corrected chi connectivity index (χ2v) is 5.75. The van der Waals surface area contributed by atoms with Gasteiger partial charge in [-0.3, -0.25) is 0 Å². The normalized spacial score (nSPS) is 12.2. The Morgan fingerprint density at radius 2 is 2.14 bits per heavy atom. The molecule has 0 aliphatic carbocycles. The van der Waals surface area contributed by atoms with E-state index in [0.29, 0.717) is 22.3 Å². The van der Waals surface area contributed by atoms with Crippen LogP contribution < -0.4 is 10.1 Å². The molecular weight excluding hydrogens is 359 g/mol.